The number of primary amides is 1. The summed E-state index contributed by atoms with van der Waals surface area (Å²) in [5.41, 5.74) is 6.45. The first kappa shape index (κ1) is 29.6. The van der Waals surface area contributed by atoms with Gasteiger partial charge >= 0.3 is 5.97 Å². The zero-order valence-electron chi connectivity index (χ0n) is 21.2. The fourth-order valence-corrected chi connectivity index (χ4v) is 3.17. The number of hydrogen-bond donors (Lipinski definition) is 4. The molecular weight excluding hydrogens is 452 g/mol. The average Bonchev–Trinajstić information content (AvgIpc) is 2.77. The van der Waals surface area contributed by atoms with E-state index in [4.69, 9.17) is 10.5 Å². The predicted octanol–water partition coefficient (Wildman–Crippen LogP) is 2.02. The highest BCUT2D eigenvalue weighted by atomic mass is 16.5. The van der Waals surface area contributed by atoms with Crippen LogP contribution in [0, 0.1) is 11.8 Å². The maximum atomic E-state index is 13.0. The van der Waals surface area contributed by atoms with E-state index in [1.54, 1.807) is 52.0 Å². The number of amides is 4. The Labute approximate surface area is 206 Å². The fourth-order valence-electron chi connectivity index (χ4n) is 3.17. The van der Waals surface area contributed by atoms with Gasteiger partial charge in [0, 0.05) is 19.0 Å². The van der Waals surface area contributed by atoms with Gasteiger partial charge in [-0.15, -0.1) is 0 Å². The number of carbonyl (C=O) groups is 5. The van der Waals surface area contributed by atoms with Crippen LogP contribution in [0.25, 0.3) is 0 Å². The number of ether oxygens (including phenoxy) is 1. The van der Waals surface area contributed by atoms with Crippen molar-refractivity contribution < 1.29 is 28.7 Å². The number of hydrogen-bond acceptors (Lipinski definition) is 6. The number of nitrogens with two attached hydrogens (primary N) is 1. The Balaban J connectivity index is 2.86. The molecule has 5 N–H and O–H groups in total. The van der Waals surface area contributed by atoms with E-state index in [9.17, 15) is 24.0 Å². The third kappa shape index (κ3) is 11.5. The van der Waals surface area contributed by atoms with Crippen LogP contribution >= 0.6 is 0 Å². The molecule has 0 heterocycles. The number of nitrogens with one attached hydrogen (secondary N) is 3. The monoisotopic (exact) mass is 490 g/mol. The summed E-state index contributed by atoms with van der Waals surface area (Å²) in [5, 5.41) is 8.11. The van der Waals surface area contributed by atoms with Gasteiger partial charge in [0.15, 0.2) is 0 Å². The van der Waals surface area contributed by atoms with Crippen LogP contribution in [-0.2, 0) is 35.3 Å². The van der Waals surface area contributed by atoms with E-state index in [1.807, 2.05) is 0 Å². The van der Waals surface area contributed by atoms with Crippen molar-refractivity contribution in [2.45, 2.75) is 79.0 Å². The molecule has 0 aromatic heterocycles. The highest BCUT2D eigenvalue weighted by Gasteiger charge is 2.28. The molecule has 35 heavy (non-hydrogen) atoms. The molecule has 0 aliphatic rings. The van der Waals surface area contributed by atoms with E-state index in [1.165, 1.54) is 6.92 Å². The Bertz CT molecular complexity index is 882. The summed E-state index contributed by atoms with van der Waals surface area (Å²) in [4.78, 5) is 60.0. The standard InChI is InChI=1S/C25H38N4O6/c1-15(2)22(27-17(5)30)24(33)29-20(8-6-7-9-21(26)31)23(32)28-19-12-10-18(11-13-19)14-35-25(34)16(3)4/h10-13,15-16,20,22H,6-9,14H2,1-5H3,(H2,26,31)(H,27,30)(H,28,32)(H,29,33)/t20-,22?/m0/s1. The second kappa shape index (κ2) is 14.7. The van der Waals surface area contributed by atoms with Crippen LogP contribution in [0.2, 0.25) is 0 Å². The SMILES string of the molecule is CC(=O)NC(C(=O)N[C@@H](CCCCC(N)=O)C(=O)Nc1ccc(COC(=O)C(C)C)cc1)C(C)C. The van der Waals surface area contributed by atoms with Crippen molar-refractivity contribution in [2.75, 3.05) is 5.32 Å². The third-order valence-corrected chi connectivity index (χ3v) is 5.18. The Morgan fingerprint density at radius 2 is 1.54 bits per heavy atom. The van der Waals surface area contributed by atoms with Crippen LogP contribution in [0.1, 0.15) is 65.9 Å². The van der Waals surface area contributed by atoms with Crippen LogP contribution < -0.4 is 21.7 Å². The molecule has 0 bridgehead atoms. The largest absolute Gasteiger partial charge is 0.461 e. The molecule has 0 aliphatic carbocycles. The Hall–Kier alpha value is -3.43. The van der Waals surface area contributed by atoms with Gasteiger partial charge in [0.05, 0.1) is 5.92 Å². The van der Waals surface area contributed by atoms with Gasteiger partial charge in [0.1, 0.15) is 18.7 Å². The lowest BCUT2D eigenvalue weighted by Gasteiger charge is -2.25. The molecule has 10 heteroatoms. The van der Waals surface area contributed by atoms with Gasteiger partial charge in [-0.25, -0.2) is 0 Å². The second-order valence-electron chi connectivity index (χ2n) is 9.14. The van der Waals surface area contributed by atoms with E-state index in [0.717, 1.165) is 5.56 Å². The van der Waals surface area contributed by atoms with Gasteiger partial charge in [-0.2, -0.15) is 0 Å². The summed E-state index contributed by atoms with van der Waals surface area (Å²) < 4.78 is 5.20. The summed E-state index contributed by atoms with van der Waals surface area (Å²) in [6.07, 6.45) is 1.46. The normalized spacial score (nSPS) is 12.5. The molecule has 1 rings (SSSR count). The van der Waals surface area contributed by atoms with Crippen molar-refractivity contribution >= 4 is 35.3 Å². The quantitative estimate of drug-likeness (QED) is 0.231. The van der Waals surface area contributed by atoms with Gasteiger partial charge in [-0.3, -0.25) is 24.0 Å². The van der Waals surface area contributed by atoms with Crippen molar-refractivity contribution in [2.24, 2.45) is 17.6 Å². The summed E-state index contributed by atoms with van der Waals surface area (Å²) >= 11 is 0. The smallest absolute Gasteiger partial charge is 0.308 e. The van der Waals surface area contributed by atoms with Crippen molar-refractivity contribution in [3.05, 3.63) is 29.8 Å². The van der Waals surface area contributed by atoms with Crippen molar-refractivity contribution in [1.82, 2.24) is 10.6 Å². The zero-order valence-corrected chi connectivity index (χ0v) is 21.2. The number of benzene rings is 1. The van der Waals surface area contributed by atoms with Gasteiger partial charge in [0.2, 0.25) is 23.6 Å². The average molecular weight is 491 g/mol. The van der Waals surface area contributed by atoms with E-state index in [-0.39, 0.29) is 36.7 Å². The minimum Gasteiger partial charge on any atom is -0.461 e. The molecule has 0 saturated carbocycles. The van der Waals surface area contributed by atoms with Gasteiger partial charge in [-0.05, 0) is 36.5 Å². The van der Waals surface area contributed by atoms with Crippen molar-refractivity contribution in [3.63, 3.8) is 0 Å². The molecule has 0 spiro atoms. The first-order chi connectivity index (χ1) is 16.4. The molecule has 0 radical (unpaired) electrons. The molecule has 0 aliphatic heterocycles. The molecule has 2 atom stereocenters. The fraction of sp³-hybridized carbons (Fsp3) is 0.560. The molecular formula is C25H38N4O6. The van der Waals surface area contributed by atoms with Crippen LogP contribution in [0.3, 0.4) is 0 Å². The van der Waals surface area contributed by atoms with E-state index in [0.29, 0.717) is 24.9 Å². The second-order valence-corrected chi connectivity index (χ2v) is 9.14. The van der Waals surface area contributed by atoms with E-state index in [2.05, 4.69) is 16.0 Å². The lowest BCUT2D eigenvalue weighted by Crippen LogP contribution is -2.54. The zero-order chi connectivity index (χ0) is 26.5. The number of rotatable bonds is 14. The summed E-state index contributed by atoms with van der Waals surface area (Å²) in [7, 11) is 0. The van der Waals surface area contributed by atoms with Gasteiger partial charge in [-0.1, -0.05) is 46.2 Å². The molecule has 0 saturated heterocycles. The minimum atomic E-state index is -0.878. The number of esters is 1. The minimum absolute atomic E-state index is 0.128. The molecule has 0 fully saturated rings. The Kier molecular flexibility index (Phi) is 12.5. The van der Waals surface area contributed by atoms with Crippen LogP contribution in [0.4, 0.5) is 5.69 Å². The van der Waals surface area contributed by atoms with Crippen molar-refractivity contribution in [1.29, 1.82) is 0 Å². The Morgan fingerprint density at radius 1 is 0.914 bits per heavy atom. The molecule has 4 amide bonds. The Morgan fingerprint density at radius 3 is 2.06 bits per heavy atom. The molecule has 10 nitrogen and oxygen atoms in total. The molecule has 1 unspecified atom stereocenters. The lowest BCUT2D eigenvalue weighted by molar-refractivity contribution is -0.148. The summed E-state index contributed by atoms with van der Waals surface area (Å²) in [6.45, 7) is 8.55. The predicted molar refractivity (Wildman–Crippen MR) is 132 cm³/mol. The van der Waals surface area contributed by atoms with Gasteiger partial charge < -0.3 is 26.4 Å². The van der Waals surface area contributed by atoms with Gasteiger partial charge in [0.25, 0.3) is 0 Å². The first-order valence-corrected chi connectivity index (χ1v) is 11.8. The van der Waals surface area contributed by atoms with Crippen LogP contribution in [0.15, 0.2) is 24.3 Å². The molecule has 1 aromatic rings. The van der Waals surface area contributed by atoms with Crippen LogP contribution in [-0.4, -0.2) is 41.7 Å². The summed E-state index contributed by atoms with van der Waals surface area (Å²) in [5.74, 6) is -2.37. The maximum Gasteiger partial charge on any atom is 0.308 e. The first-order valence-electron chi connectivity index (χ1n) is 11.8. The number of unbranched alkanes of at least 4 members (excludes halogenated alkanes) is 1. The molecule has 1 aromatic carbocycles. The van der Waals surface area contributed by atoms with Crippen LogP contribution in [0.5, 0.6) is 0 Å². The topological polar surface area (TPSA) is 157 Å². The lowest BCUT2D eigenvalue weighted by atomic mass is 10.0. The number of carbonyl (C=O) groups excluding carboxylic acids is 5. The van der Waals surface area contributed by atoms with E-state index >= 15 is 0 Å². The maximum absolute atomic E-state index is 13.0. The third-order valence-electron chi connectivity index (χ3n) is 5.18. The summed E-state index contributed by atoms with van der Waals surface area (Å²) in [6, 6.07) is 5.15. The number of anilines is 1. The van der Waals surface area contributed by atoms with E-state index < -0.39 is 29.8 Å². The highest BCUT2D eigenvalue weighted by Crippen LogP contribution is 2.14. The molecule has 194 valence electrons. The van der Waals surface area contributed by atoms with Crippen molar-refractivity contribution in [3.8, 4) is 0 Å². The highest BCUT2D eigenvalue weighted by molar-refractivity contribution is 5.98.